The van der Waals surface area contributed by atoms with Crippen LogP contribution in [0.1, 0.15) is 50.6 Å². The zero-order valence-corrected chi connectivity index (χ0v) is 14.2. The molecule has 2 aliphatic rings. The topological polar surface area (TPSA) is 39.6 Å². The SMILES string of the molecule is CC(C)(C)c1nc(N2CCN3CCCCC3C2)sc1CO. The van der Waals surface area contributed by atoms with Gasteiger partial charge in [0.2, 0.25) is 0 Å². The first-order valence-corrected chi connectivity index (χ1v) is 8.90. The Balaban J connectivity index is 1.79. The summed E-state index contributed by atoms with van der Waals surface area (Å²) in [7, 11) is 0. The van der Waals surface area contributed by atoms with E-state index >= 15 is 0 Å². The standard InChI is InChI=1S/C16H27N3OS/c1-16(2,3)14-13(11-20)21-15(17-14)19-9-8-18-7-5-4-6-12(18)10-19/h12,20H,4-11H2,1-3H3. The van der Waals surface area contributed by atoms with Gasteiger partial charge in [-0.2, -0.15) is 0 Å². The molecule has 2 fully saturated rings. The fourth-order valence-corrected chi connectivity index (χ4v) is 4.66. The third-order valence-corrected chi connectivity index (χ3v) is 5.75. The van der Waals surface area contributed by atoms with Crippen LogP contribution in [0, 0.1) is 0 Å². The number of aromatic nitrogens is 1. The van der Waals surface area contributed by atoms with Gasteiger partial charge in [-0.25, -0.2) is 4.98 Å². The maximum atomic E-state index is 9.62. The second-order valence-corrected chi connectivity index (χ2v) is 8.37. The number of hydrogen-bond donors (Lipinski definition) is 1. The molecule has 0 radical (unpaired) electrons. The average Bonchev–Trinajstić information content (AvgIpc) is 2.91. The van der Waals surface area contributed by atoms with Gasteiger partial charge in [-0.3, -0.25) is 4.90 Å². The Hall–Kier alpha value is -0.650. The molecule has 3 heterocycles. The number of piperazine rings is 1. The van der Waals surface area contributed by atoms with Crippen LogP contribution in [0.15, 0.2) is 0 Å². The summed E-state index contributed by atoms with van der Waals surface area (Å²) < 4.78 is 0. The summed E-state index contributed by atoms with van der Waals surface area (Å²) in [6, 6.07) is 0.701. The van der Waals surface area contributed by atoms with Gasteiger partial charge in [-0.15, -0.1) is 0 Å². The fourth-order valence-electron chi connectivity index (χ4n) is 3.50. The summed E-state index contributed by atoms with van der Waals surface area (Å²) in [4.78, 5) is 11.0. The van der Waals surface area contributed by atoms with E-state index in [1.165, 1.54) is 25.8 Å². The number of nitrogens with zero attached hydrogens (tertiary/aromatic N) is 3. The summed E-state index contributed by atoms with van der Waals surface area (Å²) in [5, 5.41) is 10.7. The van der Waals surface area contributed by atoms with Gasteiger partial charge in [-0.05, 0) is 19.4 Å². The highest BCUT2D eigenvalue weighted by Crippen LogP contribution is 2.35. The Morgan fingerprint density at radius 1 is 1.24 bits per heavy atom. The lowest BCUT2D eigenvalue weighted by Gasteiger charge is -2.44. The molecule has 3 rings (SSSR count). The van der Waals surface area contributed by atoms with Crippen LogP contribution in [0.3, 0.4) is 0 Å². The average molecular weight is 309 g/mol. The van der Waals surface area contributed by atoms with E-state index in [1.54, 1.807) is 11.3 Å². The molecular weight excluding hydrogens is 282 g/mol. The maximum absolute atomic E-state index is 9.62. The number of rotatable bonds is 2. The summed E-state index contributed by atoms with van der Waals surface area (Å²) in [5.74, 6) is 0. The van der Waals surface area contributed by atoms with E-state index in [0.717, 1.165) is 35.3 Å². The summed E-state index contributed by atoms with van der Waals surface area (Å²) in [6.07, 6.45) is 4.04. The Bertz CT molecular complexity index is 494. The Labute approximate surface area is 131 Å². The van der Waals surface area contributed by atoms with E-state index in [9.17, 15) is 5.11 Å². The zero-order valence-electron chi connectivity index (χ0n) is 13.4. The van der Waals surface area contributed by atoms with Crippen LogP contribution >= 0.6 is 11.3 Å². The van der Waals surface area contributed by atoms with Gasteiger partial charge in [0.1, 0.15) is 0 Å². The third kappa shape index (κ3) is 3.10. The number of aliphatic hydroxyl groups is 1. The first-order valence-electron chi connectivity index (χ1n) is 8.09. The Kier molecular flexibility index (Phi) is 4.26. The molecule has 5 heteroatoms. The first kappa shape index (κ1) is 15.3. The first-order chi connectivity index (χ1) is 9.99. The molecule has 2 saturated heterocycles. The lowest BCUT2D eigenvalue weighted by atomic mass is 9.91. The van der Waals surface area contributed by atoms with Crippen molar-refractivity contribution in [1.29, 1.82) is 0 Å². The quantitative estimate of drug-likeness (QED) is 0.911. The minimum absolute atomic E-state index is 0.000522. The molecule has 1 atom stereocenters. The monoisotopic (exact) mass is 309 g/mol. The highest BCUT2D eigenvalue weighted by molar-refractivity contribution is 7.15. The van der Waals surface area contributed by atoms with Crippen LogP contribution in [-0.4, -0.2) is 47.2 Å². The van der Waals surface area contributed by atoms with E-state index < -0.39 is 0 Å². The second-order valence-electron chi connectivity index (χ2n) is 7.31. The summed E-state index contributed by atoms with van der Waals surface area (Å²) >= 11 is 1.68. The van der Waals surface area contributed by atoms with Crippen LogP contribution in [0.2, 0.25) is 0 Å². The van der Waals surface area contributed by atoms with Gasteiger partial charge in [0.05, 0.1) is 17.2 Å². The number of piperidine rings is 1. The lowest BCUT2D eigenvalue weighted by Crippen LogP contribution is -2.54. The van der Waals surface area contributed by atoms with Crippen molar-refractivity contribution in [2.24, 2.45) is 0 Å². The Morgan fingerprint density at radius 2 is 2.05 bits per heavy atom. The highest BCUT2D eigenvalue weighted by Gasteiger charge is 2.31. The van der Waals surface area contributed by atoms with Gasteiger partial charge in [-0.1, -0.05) is 38.5 Å². The largest absolute Gasteiger partial charge is 0.391 e. The second kappa shape index (κ2) is 5.86. The predicted octanol–water partition coefficient (Wildman–Crippen LogP) is 2.61. The van der Waals surface area contributed by atoms with Crippen molar-refractivity contribution in [2.45, 2.75) is 58.1 Å². The number of aliphatic hydroxyl groups excluding tert-OH is 1. The molecule has 0 bridgehead atoms. The minimum Gasteiger partial charge on any atom is -0.391 e. The molecule has 1 aromatic heterocycles. The van der Waals surface area contributed by atoms with Crippen molar-refractivity contribution in [1.82, 2.24) is 9.88 Å². The molecule has 1 aromatic rings. The molecule has 0 aliphatic carbocycles. The molecule has 0 saturated carbocycles. The number of thiazole rings is 1. The zero-order chi connectivity index (χ0) is 15.0. The number of fused-ring (bicyclic) bond motifs is 1. The van der Waals surface area contributed by atoms with E-state index in [-0.39, 0.29) is 12.0 Å². The Morgan fingerprint density at radius 3 is 2.71 bits per heavy atom. The fraction of sp³-hybridized carbons (Fsp3) is 0.812. The molecule has 4 nitrogen and oxygen atoms in total. The van der Waals surface area contributed by atoms with E-state index in [2.05, 4.69) is 30.6 Å². The van der Waals surface area contributed by atoms with Gasteiger partial charge >= 0.3 is 0 Å². The van der Waals surface area contributed by atoms with E-state index in [0.29, 0.717) is 6.04 Å². The third-order valence-electron chi connectivity index (χ3n) is 4.65. The van der Waals surface area contributed by atoms with Crippen molar-refractivity contribution in [3.63, 3.8) is 0 Å². The van der Waals surface area contributed by atoms with Crippen LogP contribution in [0.4, 0.5) is 5.13 Å². The molecule has 118 valence electrons. The molecule has 0 amide bonds. The van der Waals surface area contributed by atoms with Crippen LogP contribution < -0.4 is 4.90 Å². The summed E-state index contributed by atoms with van der Waals surface area (Å²) in [6.45, 7) is 11.2. The molecule has 21 heavy (non-hydrogen) atoms. The van der Waals surface area contributed by atoms with Gasteiger partial charge in [0, 0.05) is 31.1 Å². The van der Waals surface area contributed by atoms with Crippen molar-refractivity contribution in [3.05, 3.63) is 10.6 Å². The number of hydrogen-bond acceptors (Lipinski definition) is 5. The lowest BCUT2D eigenvalue weighted by molar-refractivity contribution is 0.133. The molecule has 1 unspecified atom stereocenters. The highest BCUT2D eigenvalue weighted by atomic mass is 32.1. The van der Waals surface area contributed by atoms with E-state index in [4.69, 9.17) is 4.98 Å². The van der Waals surface area contributed by atoms with Crippen LogP contribution in [0.5, 0.6) is 0 Å². The molecule has 0 spiro atoms. The minimum atomic E-state index is -0.000522. The molecule has 1 N–H and O–H groups in total. The van der Waals surface area contributed by atoms with Gasteiger partial charge in [0.25, 0.3) is 0 Å². The molecule has 0 aromatic carbocycles. The van der Waals surface area contributed by atoms with Gasteiger partial charge in [0.15, 0.2) is 5.13 Å². The number of anilines is 1. The van der Waals surface area contributed by atoms with Crippen LogP contribution in [-0.2, 0) is 12.0 Å². The van der Waals surface area contributed by atoms with Gasteiger partial charge < -0.3 is 10.0 Å². The molecule has 2 aliphatic heterocycles. The van der Waals surface area contributed by atoms with Crippen LogP contribution in [0.25, 0.3) is 0 Å². The predicted molar refractivity (Wildman–Crippen MR) is 88.2 cm³/mol. The van der Waals surface area contributed by atoms with Crippen molar-refractivity contribution >= 4 is 16.5 Å². The summed E-state index contributed by atoms with van der Waals surface area (Å²) in [5.41, 5.74) is 1.07. The molecular formula is C16H27N3OS. The maximum Gasteiger partial charge on any atom is 0.185 e. The smallest absolute Gasteiger partial charge is 0.185 e. The van der Waals surface area contributed by atoms with E-state index in [1.807, 2.05) is 0 Å². The van der Waals surface area contributed by atoms with Crippen molar-refractivity contribution in [3.8, 4) is 0 Å². The van der Waals surface area contributed by atoms with Crippen molar-refractivity contribution in [2.75, 3.05) is 31.1 Å². The van der Waals surface area contributed by atoms with Crippen molar-refractivity contribution < 1.29 is 5.11 Å². The normalized spacial score (nSPS) is 24.2.